The fourth-order valence-corrected chi connectivity index (χ4v) is 4.64. The van der Waals surface area contributed by atoms with Gasteiger partial charge in [0.1, 0.15) is 0 Å². The van der Waals surface area contributed by atoms with Crippen molar-refractivity contribution in [2.45, 2.75) is 38.8 Å². The van der Waals surface area contributed by atoms with Crippen LogP contribution in [0.25, 0.3) is 10.9 Å². The number of halogens is 2. The van der Waals surface area contributed by atoms with E-state index in [0.29, 0.717) is 0 Å². The molecule has 1 aliphatic rings. The molecule has 29 heavy (non-hydrogen) atoms. The maximum atomic E-state index is 6.02. The van der Waals surface area contributed by atoms with E-state index in [-0.39, 0.29) is 12.4 Å². The molecule has 0 radical (unpaired) electrons. The van der Waals surface area contributed by atoms with Crippen LogP contribution in [0.3, 0.4) is 0 Å². The van der Waals surface area contributed by atoms with Crippen LogP contribution in [0.1, 0.15) is 35.2 Å². The number of hydrogen-bond donors (Lipinski definition) is 0. The van der Waals surface area contributed by atoms with Gasteiger partial charge in [0.05, 0.1) is 6.54 Å². The Bertz CT molecular complexity index is 1130. The first-order chi connectivity index (χ1) is 13.8. The van der Waals surface area contributed by atoms with Crippen LogP contribution in [0.4, 0.5) is 0 Å². The molecule has 0 spiro atoms. The molecular formula is C25H24Cl2N2. The molecule has 4 aromatic rings. The first-order valence-electron chi connectivity index (χ1n) is 10.1. The third-order valence-electron chi connectivity index (χ3n) is 5.82. The molecule has 0 saturated heterocycles. The summed E-state index contributed by atoms with van der Waals surface area (Å²) in [4.78, 5) is 0. The molecule has 2 aromatic carbocycles. The summed E-state index contributed by atoms with van der Waals surface area (Å²) in [5, 5.41) is 2.23. The summed E-state index contributed by atoms with van der Waals surface area (Å²) < 4.78 is 4.81. The van der Waals surface area contributed by atoms with Gasteiger partial charge in [0.25, 0.3) is 0 Å². The minimum atomic E-state index is 0. The molecule has 0 bridgehead atoms. The third kappa shape index (κ3) is 4.05. The lowest BCUT2D eigenvalue weighted by Crippen LogP contribution is -3.00. The van der Waals surface area contributed by atoms with Gasteiger partial charge in [0.15, 0.2) is 18.9 Å². The van der Waals surface area contributed by atoms with Gasteiger partial charge in [-0.2, -0.15) is 0 Å². The van der Waals surface area contributed by atoms with Crippen molar-refractivity contribution in [1.82, 2.24) is 4.57 Å². The number of pyridine rings is 1. The van der Waals surface area contributed by atoms with Crippen molar-refractivity contribution in [3.8, 4) is 0 Å². The van der Waals surface area contributed by atoms with Gasteiger partial charge in [-0.25, -0.2) is 4.57 Å². The quantitative estimate of drug-likeness (QED) is 0.447. The van der Waals surface area contributed by atoms with E-state index < -0.39 is 0 Å². The first kappa shape index (κ1) is 20.0. The molecule has 0 aliphatic heterocycles. The Morgan fingerprint density at radius 3 is 2.52 bits per heavy atom. The zero-order valence-electron chi connectivity index (χ0n) is 16.3. The number of aromatic nitrogens is 2. The minimum Gasteiger partial charge on any atom is -1.00 e. The number of benzene rings is 2. The van der Waals surface area contributed by atoms with E-state index in [9.17, 15) is 0 Å². The van der Waals surface area contributed by atoms with Gasteiger partial charge in [0.2, 0.25) is 0 Å². The van der Waals surface area contributed by atoms with E-state index in [2.05, 4.69) is 70.1 Å². The topological polar surface area (TPSA) is 8.81 Å². The summed E-state index contributed by atoms with van der Waals surface area (Å²) in [5.74, 6) is 0. The van der Waals surface area contributed by atoms with Crippen LogP contribution in [0, 0.1) is 0 Å². The van der Waals surface area contributed by atoms with Gasteiger partial charge in [0, 0.05) is 38.8 Å². The standard InChI is InChI=1S/C25H24ClN2.ClH/c26-21-13-11-19(12-14-21)16-27-15-5-6-20(17-27)18-28-24-9-3-1-7-22(24)23-8-2-4-10-25(23)28;/h1,3,5-7,9,11-15,17H,2,4,8,10,16,18H2;1H/q+1;/p-1. The Morgan fingerprint density at radius 2 is 1.66 bits per heavy atom. The second kappa shape index (κ2) is 8.61. The van der Waals surface area contributed by atoms with Crippen LogP contribution < -0.4 is 17.0 Å². The Morgan fingerprint density at radius 1 is 0.862 bits per heavy atom. The number of fused-ring (bicyclic) bond motifs is 3. The molecule has 4 heteroatoms. The molecule has 0 atom stereocenters. The van der Waals surface area contributed by atoms with Gasteiger partial charge >= 0.3 is 0 Å². The first-order valence-corrected chi connectivity index (χ1v) is 10.5. The summed E-state index contributed by atoms with van der Waals surface area (Å²) in [7, 11) is 0. The Balaban J connectivity index is 0.00000205. The third-order valence-corrected chi connectivity index (χ3v) is 6.08. The lowest BCUT2D eigenvalue weighted by Gasteiger charge is -2.16. The molecule has 0 unspecified atom stereocenters. The van der Waals surface area contributed by atoms with Gasteiger partial charge in [-0.15, -0.1) is 0 Å². The largest absolute Gasteiger partial charge is 1.00 e. The van der Waals surface area contributed by atoms with Crippen LogP contribution in [0.2, 0.25) is 5.02 Å². The molecule has 0 amide bonds. The van der Waals surface area contributed by atoms with E-state index in [1.807, 2.05) is 12.1 Å². The Hall–Kier alpha value is -2.29. The van der Waals surface area contributed by atoms with E-state index in [1.54, 1.807) is 11.3 Å². The van der Waals surface area contributed by atoms with Crippen molar-refractivity contribution in [2.24, 2.45) is 0 Å². The summed E-state index contributed by atoms with van der Waals surface area (Å²) >= 11 is 6.02. The highest BCUT2D eigenvalue weighted by molar-refractivity contribution is 6.30. The van der Waals surface area contributed by atoms with E-state index >= 15 is 0 Å². The van der Waals surface area contributed by atoms with Crippen molar-refractivity contribution in [1.29, 1.82) is 0 Å². The zero-order chi connectivity index (χ0) is 18.9. The van der Waals surface area contributed by atoms with Crippen molar-refractivity contribution in [3.05, 3.63) is 100 Å². The predicted molar refractivity (Wildman–Crippen MR) is 115 cm³/mol. The van der Waals surface area contributed by atoms with Crippen LogP contribution in [0.15, 0.2) is 73.1 Å². The van der Waals surface area contributed by atoms with Gasteiger partial charge in [-0.3, -0.25) is 0 Å². The predicted octanol–water partition coefficient (Wildman–Crippen LogP) is 2.56. The van der Waals surface area contributed by atoms with Gasteiger partial charge < -0.3 is 17.0 Å². The molecule has 5 rings (SSSR count). The molecule has 148 valence electrons. The Kier molecular flexibility index (Phi) is 5.94. The second-order valence-electron chi connectivity index (χ2n) is 7.75. The van der Waals surface area contributed by atoms with E-state index in [0.717, 1.165) is 18.1 Å². The molecule has 0 saturated carbocycles. The van der Waals surface area contributed by atoms with Crippen molar-refractivity contribution in [3.63, 3.8) is 0 Å². The lowest BCUT2D eigenvalue weighted by atomic mass is 9.95. The van der Waals surface area contributed by atoms with Crippen LogP contribution >= 0.6 is 11.6 Å². The van der Waals surface area contributed by atoms with Gasteiger partial charge in [-0.05, 0) is 55.5 Å². The molecule has 0 fully saturated rings. The molecule has 2 aromatic heterocycles. The van der Waals surface area contributed by atoms with E-state index in [1.165, 1.54) is 47.7 Å². The summed E-state index contributed by atoms with van der Waals surface area (Å²) in [5.41, 5.74) is 7.09. The summed E-state index contributed by atoms with van der Waals surface area (Å²) in [6, 6.07) is 21.4. The number of aryl methyl sites for hydroxylation is 1. The highest BCUT2D eigenvalue weighted by Crippen LogP contribution is 2.32. The normalized spacial score (nSPS) is 13.1. The molecule has 2 nitrogen and oxygen atoms in total. The fraction of sp³-hybridized carbons (Fsp3) is 0.240. The number of nitrogens with zero attached hydrogens (tertiary/aromatic N) is 2. The monoisotopic (exact) mass is 422 g/mol. The molecule has 0 N–H and O–H groups in total. The van der Waals surface area contributed by atoms with Crippen molar-refractivity contribution in [2.75, 3.05) is 0 Å². The number of para-hydroxylation sites is 1. The van der Waals surface area contributed by atoms with Crippen molar-refractivity contribution < 1.29 is 17.0 Å². The molecule has 2 heterocycles. The maximum absolute atomic E-state index is 6.02. The number of hydrogen-bond acceptors (Lipinski definition) is 0. The average molecular weight is 423 g/mol. The highest BCUT2D eigenvalue weighted by atomic mass is 35.5. The average Bonchev–Trinajstić information content (AvgIpc) is 3.04. The smallest absolute Gasteiger partial charge is 0.174 e. The van der Waals surface area contributed by atoms with Gasteiger partial charge in [-0.1, -0.05) is 41.9 Å². The van der Waals surface area contributed by atoms with Crippen LogP contribution in [-0.2, 0) is 25.9 Å². The highest BCUT2D eigenvalue weighted by Gasteiger charge is 2.20. The van der Waals surface area contributed by atoms with Crippen molar-refractivity contribution >= 4 is 22.5 Å². The Labute approximate surface area is 183 Å². The SMILES string of the molecule is Clc1ccc(C[n+]2cccc(Cn3c4c(c5ccccc53)CCCC4)c2)cc1.[Cl-]. The zero-order valence-corrected chi connectivity index (χ0v) is 17.8. The summed E-state index contributed by atoms with van der Waals surface area (Å²) in [6.45, 7) is 1.78. The minimum absolute atomic E-state index is 0. The fourth-order valence-electron chi connectivity index (χ4n) is 4.52. The lowest BCUT2D eigenvalue weighted by molar-refractivity contribution is -0.688. The molecule has 1 aliphatic carbocycles. The second-order valence-corrected chi connectivity index (χ2v) is 8.18. The number of rotatable bonds is 4. The van der Waals surface area contributed by atoms with Crippen LogP contribution in [0.5, 0.6) is 0 Å². The van der Waals surface area contributed by atoms with E-state index in [4.69, 9.17) is 11.6 Å². The maximum Gasteiger partial charge on any atom is 0.174 e. The summed E-state index contributed by atoms with van der Waals surface area (Å²) in [6.07, 6.45) is 9.44. The van der Waals surface area contributed by atoms with Crippen LogP contribution in [-0.4, -0.2) is 4.57 Å². The molecular weight excluding hydrogens is 399 g/mol.